The maximum Gasteiger partial charge on any atom is 0.0417 e. The molecule has 17 heavy (non-hydrogen) atoms. The Hall–Kier alpha value is -1.28. The van der Waals surface area contributed by atoms with Crippen LogP contribution in [-0.4, -0.2) is 19.6 Å². The number of benzene rings is 1. The number of nitrogens with one attached hydrogen (secondary N) is 1. The van der Waals surface area contributed by atoms with Crippen molar-refractivity contribution in [3.05, 3.63) is 42.5 Å². The molecule has 0 spiro atoms. The van der Waals surface area contributed by atoms with Crippen molar-refractivity contribution in [2.45, 2.75) is 25.8 Å². The van der Waals surface area contributed by atoms with Gasteiger partial charge in [0.15, 0.2) is 0 Å². The zero-order valence-corrected chi connectivity index (χ0v) is 10.7. The SMILES string of the molecule is C=CCN1CCCC(NCC)c2ccccc21. The van der Waals surface area contributed by atoms with E-state index in [1.165, 1.54) is 24.1 Å². The number of anilines is 1. The van der Waals surface area contributed by atoms with E-state index in [0.29, 0.717) is 6.04 Å². The molecule has 0 fully saturated rings. The maximum absolute atomic E-state index is 3.86. The first-order valence-corrected chi connectivity index (χ1v) is 6.55. The molecule has 92 valence electrons. The van der Waals surface area contributed by atoms with Gasteiger partial charge in [0, 0.05) is 24.8 Å². The average molecular weight is 230 g/mol. The Kier molecular flexibility index (Phi) is 4.21. The van der Waals surface area contributed by atoms with Gasteiger partial charge >= 0.3 is 0 Å². The van der Waals surface area contributed by atoms with Crippen LogP contribution in [0.1, 0.15) is 31.4 Å². The van der Waals surface area contributed by atoms with E-state index in [9.17, 15) is 0 Å². The lowest BCUT2D eigenvalue weighted by molar-refractivity contribution is 0.511. The highest BCUT2D eigenvalue weighted by Gasteiger charge is 2.20. The summed E-state index contributed by atoms with van der Waals surface area (Å²) in [5.74, 6) is 0. The number of rotatable bonds is 4. The van der Waals surface area contributed by atoms with Crippen molar-refractivity contribution >= 4 is 5.69 Å². The zero-order valence-electron chi connectivity index (χ0n) is 10.7. The fourth-order valence-corrected chi connectivity index (χ4v) is 2.64. The minimum atomic E-state index is 0.506. The first-order valence-electron chi connectivity index (χ1n) is 6.55. The van der Waals surface area contributed by atoms with E-state index in [2.05, 4.69) is 48.0 Å². The molecule has 0 saturated heterocycles. The van der Waals surface area contributed by atoms with Crippen LogP contribution < -0.4 is 10.2 Å². The summed E-state index contributed by atoms with van der Waals surface area (Å²) in [5, 5.41) is 3.59. The van der Waals surface area contributed by atoms with Crippen LogP contribution in [0.4, 0.5) is 5.69 Å². The van der Waals surface area contributed by atoms with E-state index in [4.69, 9.17) is 0 Å². The van der Waals surface area contributed by atoms with Gasteiger partial charge < -0.3 is 10.2 Å². The number of nitrogens with zero attached hydrogens (tertiary/aromatic N) is 1. The summed E-state index contributed by atoms with van der Waals surface area (Å²) in [6.45, 7) is 9.13. The molecule has 0 aliphatic carbocycles. The van der Waals surface area contributed by atoms with E-state index in [1.807, 2.05) is 6.08 Å². The summed E-state index contributed by atoms with van der Waals surface area (Å²) < 4.78 is 0. The minimum absolute atomic E-state index is 0.506. The van der Waals surface area contributed by atoms with Gasteiger partial charge in [-0.25, -0.2) is 0 Å². The number of fused-ring (bicyclic) bond motifs is 1. The van der Waals surface area contributed by atoms with E-state index in [-0.39, 0.29) is 0 Å². The molecule has 0 aromatic heterocycles. The first-order chi connectivity index (χ1) is 8.36. The van der Waals surface area contributed by atoms with Crippen molar-refractivity contribution in [1.82, 2.24) is 5.32 Å². The second-order valence-electron chi connectivity index (χ2n) is 4.55. The van der Waals surface area contributed by atoms with Gasteiger partial charge in [-0.1, -0.05) is 31.2 Å². The fourth-order valence-electron chi connectivity index (χ4n) is 2.64. The summed E-state index contributed by atoms with van der Waals surface area (Å²) in [6.07, 6.45) is 4.45. The van der Waals surface area contributed by atoms with E-state index < -0.39 is 0 Å². The Morgan fingerprint density at radius 2 is 2.29 bits per heavy atom. The van der Waals surface area contributed by atoms with Crippen LogP contribution in [0.5, 0.6) is 0 Å². The summed E-state index contributed by atoms with van der Waals surface area (Å²) in [4.78, 5) is 2.43. The van der Waals surface area contributed by atoms with Crippen LogP contribution in [0.2, 0.25) is 0 Å². The molecular formula is C15H22N2. The number of hydrogen-bond donors (Lipinski definition) is 1. The van der Waals surface area contributed by atoms with Gasteiger partial charge in [-0.2, -0.15) is 0 Å². The molecule has 0 radical (unpaired) electrons. The highest BCUT2D eigenvalue weighted by molar-refractivity contribution is 5.56. The van der Waals surface area contributed by atoms with Crippen LogP contribution in [-0.2, 0) is 0 Å². The van der Waals surface area contributed by atoms with Gasteiger partial charge in [0.25, 0.3) is 0 Å². The highest BCUT2D eigenvalue weighted by Crippen LogP contribution is 2.32. The molecule has 0 saturated carbocycles. The molecule has 2 rings (SSSR count). The molecular weight excluding hydrogens is 208 g/mol. The molecule has 1 aliphatic heterocycles. The van der Waals surface area contributed by atoms with Crippen LogP contribution in [0.25, 0.3) is 0 Å². The van der Waals surface area contributed by atoms with Gasteiger partial charge in [0.05, 0.1) is 0 Å². The Balaban J connectivity index is 2.32. The van der Waals surface area contributed by atoms with E-state index >= 15 is 0 Å². The third kappa shape index (κ3) is 2.70. The van der Waals surface area contributed by atoms with Crippen molar-refractivity contribution in [2.24, 2.45) is 0 Å². The second kappa shape index (κ2) is 5.87. The molecule has 1 atom stereocenters. The van der Waals surface area contributed by atoms with Crippen LogP contribution >= 0.6 is 0 Å². The Labute approximate surface area is 104 Å². The average Bonchev–Trinajstić information content (AvgIpc) is 2.52. The van der Waals surface area contributed by atoms with Crippen molar-refractivity contribution in [3.8, 4) is 0 Å². The number of para-hydroxylation sites is 1. The summed E-state index contributed by atoms with van der Waals surface area (Å²) in [5.41, 5.74) is 2.81. The Morgan fingerprint density at radius 3 is 3.06 bits per heavy atom. The smallest absolute Gasteiger partial charge is 0.0417 e. The molecule has 1 heterocycles. The lowest BCUT2D eigenvalue weighted by Gasteiger charge is -2.24. The Morgan fingerprint density at radius 1 is 1.47 bits per heavy atom. The fraction of sp³-hybridized carbons (Fsp3) is 0.467. The molecule has 1 aromatic rings. The minimum Gasteiger partial charge on any atom is -0.368 e. The molecule has 2 heteroatoms. The third-order valence-electron chi connectivity index (χ3n) is 3.37. The molecule has 1 aromatic carbocycles. The normalized spacial score (nSPS) is 19.6. The molecule has 1 aliphatic rings. The third-order valence-corrected chi connectivity index (χ3v) is 3.37. The number of hydrogen-bond acceptors (Lipinski definition) is 2. The molecule has 2 nitrogen and oxygen atoms in total. The summed E-state index contributed by atoms with van der Waals surface area (Å²) >= 11 is 0. The standard InChI is InChI=1S/C15H22N2/c1-3-11-17-12-7-9-14(16-4-2)13-8-5-6-10-15(13)17/h3,5-6,8,10,14,16H,1,4,7,9,11-12H2,2H3. The lowest BCUT2D eigenvalue weighted by Crippen LogP contribution is -2.24. The van der Waals surface area contributed by atoms with Crippen molar-refractivity contribution < 1.29 is 0 Å². The van der Waals surface area contributed by atoms with Crippen molar-refractivity contribution in [1.29, 1.82) is 0 Å². The molecule has 0 bridgehead atoms. The largest absolute Gasteiger partial charge is 0.368 e. The zero-order chi connectivity index (χ0) is 12.1. The quantitative estimate of drug-likeness (QED) is 0.799. The molecule has 1 unspecified atom stereocenters. The molecule has 1 N–H and O–H groups in total. The van der Waals surface area contributed by atoms with Gasteiger partial charge in [-0.05, 0) is 31.0 Å². The predicted molar refractivity (Wildman–Crippen MR) is 74.5 cm³/mol. The van der Waals surface area contributed by atoms with Crippen molar-refractivity contribution in [3.63, 3.8) is 0 Å². The monoisotopic (exact) mass is 230 g/mol. The lowest BCUT2D eigenvalue weighted by atomic mass is 10.0. The van der Waals surface area contributed by atoms with Crippen LogP contribution in [0.3, 0.4) is 0 Å². The maximum atomic E-state index is 3.86. The highest BCUT2D eigenvalue weighted by atomic mass is 15.1. The van der Waals surface area contributed by atoms with Crippen LogP contribution in [0.15, 0.2) is 36.9 Å². The van der Waals surface area contributed by atoms with E-state index in [1.54, 1.807) is 0 Å². The van der Waals surface area contributed by atoms with Gasteiger partial charge in [0.2, 0.25) is 0 Å². The topological polar surface area (TPSA) is 15.3 Å². The van der Waals surface area contributed by atoms with Crippen molar-refractivity contribution in [2.75, 3.05) is 24.5 Å². The predicted octanol–water partition coefficient (Wildman–Crippen LogP) is 3.12. The second-order valence-corrected chi connectivity index (χ2v) is 4.55. The van der Waals surface area contributed by atoms with Gasteiger partial charge in [0.1, 0.15) is 0 Å². The first kappa shape index (κ1) is 12.2. The summed E-state index contributed by atoms with van der Waals surface area (Å²) in [6, 6.07) is 9.26. The van der Waals surface area contributed by atoms with Crippen LogP contribution in [0, 0.1) is 0 Å². The Bertz CT molecular complexity index is 373. The van der Waals surface area contributed by atoms with Gasteiger partial charge in [-0.3, -0.25) is 0 Å². The van der Waals surface area contributed by atoms with Gasteiger partial charge in [-0.15, -0.1) is 6.58 Å². The molecule has 0 amide bonds. The van der Waals surface area contributed by atoms with E-state index in [0.717, 1.165) is 19.6 Å². The summed E-state index contributed by atoms with van der Waals surface area (Å²) in [7, 11) is 0.